The van der Waals surface area contributed by atoms with Crippen LogP contribution in [0, 0.1) is 0 Å². The molecule has 144 valence electrons. The summed E-state index contributed by atoms with van der Waals surface area (Å²) in [5.41, 5.74) is 0.643. The SMILES string of the molecule is O=C(Nc1cnccc1OC(F)C(F)F)c1ccnc(Nc2ccccc2)n1. The Morgan fingerprint density at radius 3 is 2.57 bits per heavy atom. The van der Waals surface area contributed by atoms with E-state index >= 15 is 0 Å². The van der Waals surface area contributed by atoms with Gasteiger partial charge in [-0.25, -0.2) is 18.7 Å². The van der Waals surface area contributed by atoms with Crippen molar-refractivity contribution >= 4 is 23.2 Å². The van der Waals surface area contributed by atoms with E-state index in [0.29, 0.717) is 0 Å². The topological polar surface area (TPSA) is 89.0 Å². The number of benzene rings is 1. The number of alkyl halides is 3. The van der Waals surface area contributed by atoms with Crippen molar-refractivity contribution < 1.29 is 22.7 Å². The normalized spacial score (nSPS) is 11.7. The molecule has 0 saturated carbocycles. The number of carbonyl (C=O) groups excluding carboxylic acids is 1. The van der Waals surface area contributed by atoms with Gasteiger partial charge in [0.15, 0.2) is 0 Å². The van der Waals surface area contributed by atoms with Crippen LogP contribution in [0.4, 0.5) is 30.5 Å². The van der Waals surface area contributed by atoms with E-state index in [-0.39, 0.29) is 23.1 Å². The molecule has 1 atom stereocenters. The standard InChI is InChI=1S/C18H14F3N5O2/c19-15(20)16(21)28-14-7-8-22-10-13(14)25-17(27)12-6-9-23-18(26-12)24-11-4-2-1-3-5-11/h1-10,15-16H,(H,25,27)(H,23,24,26). The zero-order chi connectivity index (χ0) is 19.9. The van der Waals surface area contributed by atoms with Crippen molar-refractivity contribution in [2.45, 2.75) is 12.8 Å². The highest BCUT2D eigenvalue weighted by Gasteiger charge is 2.23. The van der Waals surface area contributed by atoms with Gasteiger partial charge in [0.25, 0.3) is 12.3 Å². The smallest absolute Gasteiger partial charge is 0.304 e. The molecule has 0 spiro atoms. The van der Waals surface area contributed by atoms with E-state index < -0.39 is 18.7 Å². The van der Waals surface area contributed by atoms with Gasteiger partial charge in [0, 0.05) is 24.1 Å². The van der Waals surface area contributed by atoms with Gasteiger partial charge in [0.1, 0.15) is 17.1 Å². The predicted molar refractivity (Wildman–Crippen MR) is 95.5 cm³/mol. The van der Waals surface area contributed by atoms with Gasteiger partial charge >= 0.3 is 6.43 Å². The second-order valence-electron chi connectivity index (χ2n) is 5.39. The zero-order valence-electron chi connectivity index (χ0n) is 14.2. The molecule has 7 nitrogen and oxygen atoms in total. The molecular formula is C18H14F3N5O2. The Labute approximate surface area is 157 Å². The Kier molecular flexibility index (Phi) is 6.00. The lowest BCUT2D eigenvalue weighted by atomic mass is 10.3. The molecule has 1 amide bonds. The quantitative estimate of drug-likeness (QED) is 0.639. The molecule has 28 heavy (non-hydrogen) atoms. The summed E-state index contributed by atoms with van der Waals surface area (Å²) in [7, 11) is 0. The lowest BCUT2D eigenvalue weighted by Crippen LogP contribution is -2.21. The highest BCUT2D eigenvalue weighted by molar-refractivity contribution is 6.03. The maximum absolute atomic E-state index is 13.2. The second kappa shape index (κ2) is 8.80. The molecule has 0 fully saturated rings. The molecule has 0 bridgehead atoms. The van der Waals surface area contributed by atoms with E-state index in [9.17, 15) is 18.0 Å². The summed E-state index contributed by atoms with van der Waals surface area (Å²) in [6.45, 7) is 0. The van der Waals surface area contributed by atoms with Crippen LogP contribution in [0.15, 0.2) is 61.1 Å². The lowest BCUT2D eigenvalue weighted by Gasteiger charge is -2.14. The molecule has 0 aliphatic rings. The van der Waals surface area contributed by atoms with E-state index in [2.05, 4.69) is 30.3 Å². The number of anilines is 3. The van der Waals surface area contributed by atoms with Crippen LogP contribution >= 0.6 is 0 Å². The van der Waals surface area contributed by atoms with Gasteiger partial charge in [-0.05, 0) is 18.2 Å². The van der Waals surface area contributed by atoms with Crippen LogP contribution < -0.4 is 15.4 Å². The third-order valence-corrected chi connectivity index (χ3v) is 3.39. The van der Waals surface area contributed by atoms with Crippen molar-refractivity contribution in [2.75, 3.05) is 10.6 Å². The lowest BCUT2D eigenvalue weighted by molar-refractivity contribution is -0.0665. The molecule has 0 aliphatic carbocycles. The van der Waals surface area contributed by atoms with Crippen LogP contribution in [0.5, 0.6) is 5.75 Å². The largest absolute Gasteiger partial charge is 0.452 e. The summed E-state index contributed by atoms with van der Waals surface area (Å²) in [6, 6.07) is 11.6. The van der Waals surface area contributed by atoms with Gasteiger partial charge in [0.05, 0.1) is 6.20 Å². The number of ether oxygens (including phenoxy) is 1. The molecule has 2 aromatic heterocycles. The summed E-state index contributed by atoms with van der Waals surface area (Å²) in [5, 5.41) is 5.35. The first kappa shape index (κ1) is 19.1. The molecule has 10 heteroatoms. The number of hydrogen-bond acceptors (Lipinski definition) is 6. The number of pyridine rings is 1. The molecule has 2 heterocycles. The molecule has 2 N–H and O–H groups in total. The predicted octanol–water partition coefficient (Wildman–Crippen LogP) is 3.81. The Hall–Kier alpha value is -3.69. The van der Waals surface area contributed by atoms with E-state index in [4.69, 9.17) is 0 Å². The average molecular weight is 389 g/mol. The van der Waals surface area contributed by atoms with E-state index in [1.165, 1.54) is 18.5 Å². The summed E-state index contributed by atoms with van der Waals surface area (Å²) in [6.07, 6.45) is -2.42. The summed E-state index contributed by atoms with van der Waals surface area (Å²) >= 11 is 0. The van der Waals surface area contributed by atoms with Gasteiger partial charge in [-0.2, -0.15) is 4.39 Å². The molecule has 1 unspecified atom stereocenters. The first-order valence-corrected chi connectivity index (χ1v) is 8.02. The Balaban J connectivity index is 1.74. The van der Waals surface area contributed by atoms with Crippen LogP contribution in [-0.2, 0) is 0 Å². The third kappa shape index (κ3) is 4.93. The maximum Gasteiger partial charge on any atom is 0.304 e. The van der Waals surface area contributed by atoms with E-state index in [0.717, 1.165) is 18.0 Å². The molecule has 0 aliphatic heterocycles. The minimum Gasteiger partial charge on any atom is -0.452 e. The number of carbonyl (C=O) groups is 1. The number of nitrogens with zero attached hydrogens (tertiary/aromatic N) is 3. The maximum atomic E-state index is 13.2. The molecule has 3 rings (SSSR count). The Bertz CT molecular complexity index is 943. The summed E-state index contributed by atoms with van der Waals surface area (Å²) < 4.78 is 42.4. The minimum absolute atomic E-state index is 0.00566. The van der Waals surface area contributed by atoms with Crippen molar-refractivity contribution in [1.82, 2.24) is 15.0 Å². The third-order valence-electron chi connectivity index (χ3n) is 3.39. The van der Waals surface area contributed by atoms with Gasteiger partial charge in [0.2, 0.25) is 5.95 Å². The highest BCUT2D eigenvalue weighted by Crippen LogP contribution is 2.26. The fraction of sp³-hybridized carbons (Fsp3) is 0.111. The van der Waals surface area contributed by atoms with Crippen molar-refractivity contribution in [3.8, 4) is 5.75 Å². The molecular weight excluding hydrogens is 375 g/mol. The highest BCUT2D eigenvalue weighted by atomic mass is 19.3. The first-order chi connectivity index (χ1) is 13.5. The van der Waals surface area contributed by atoms with Crippen molar-refractivity contribution in [3.63, 3.8) is 0 Å². The number of aromatic nitrogens is 3. The van der Waals surface area contributed by atoms with Crippen LogP contribution in [0.25, 0.3) is 0 Å². The Morgan fingerprint density at radius 1 is 1.04 bits per heavy atom. The zero-order valence-corrected chi connectivity index (χ0v) is 14.2. The van der Waals surface area contributed by atoms with Gasteiger partial charge in [-0.1, -0.05) is 18.2 Å². The molecule has 0 radical (unpaired) electrons. The van der Waals surface area contributed by atoms with E-state index in [1.54, 1.807) is 12.1 Å². The van der Waals surface area contributed by atoms with Crippen LogP contribution in [0.1, 0.15) is 10.5 Å². The molecule has 0 saturated heterocycles. The van der Waals surface area contributed by atoms with Gasteiger partial charge in [-0.3, -0.25) is 9.78 Å². The number of nitrogens with one attached hydrogen (secondary N) is 2. The number of halogens is 3. The Morgan fingerprint density at radius 2 is 1.82 bits per heavy atom. The summed E-state index contributed by atoms with van der Waals surface area (Å²) in [5.74, 6) is -0.778. The minimum atomic E-state index is -3.33. The number of rotatable bonds is 7. The van der Waals surface area contributed by atoms with Crippen molar-refractivity contribution in [3.05, 3.63) is 66.7 Å². The van der Waals surface area contributed by atoms with Crippen LogP contribution in [-0.4, -0.2) is 33.6 Å². The summed E-state index contributed by atoms with van der Waals surface area (Å²) in [4.78, 5) is 24.3. The number of amides is 1. The molecule has 1 aromatic carbocycles. The first-order valence-electron chi connectivity index (χ1n) is 8.02. The van der Waals surface area contributed by atoms with E-state index in [1.807, 2.05) is 18.2 Å². The molecule has 3 aromatic rings. The van der Waals surface area contributed by atoms with Crippen LogP contribution in [0.3, 0.4) is 0 Å². The fourth-order valence-corrected chi connectivity index (χ4v) is 2.13. The number of hydrogen-bond donors (Lipinski definition) is 2. The van der Waals surface area contributed by atoms with Crippen LogP contribution in [0.2, 0.25) is 0 Å². The van der Waals surface area contributed by atoms with Crippen molar-refractivity contribution in [1.29, 1.82) is 0 Å². The van der Waals surface area contributed by atoms with Crippen molar-refractivity contribution in [2.24, 2.45) is 0 Å². The fourth-order valence-electron chi connectivity index (χ4n) is 2.13. The van der Waals surface area contributed by atoms with Gasteiger partial charge < -0.3 is 15.4 Å². The van der Waals surface area contributed by atoms with Gasteiger partial charge in [-0.15, -0.1) is 0 Å². The second-order valence-corrected chi connectivity index (χ2v) is 5.39. The monoisotopic (exact) mass is 389 g/mol. The average Bonchev–Trinajstić information content (AvgIpc) is 2.70. The number of para-hydroxylation sites is 1.